The lowest BCUT2D eigenvalue weighted by molar-refractivity contribution is -0.120. The first-order valence-corrected chi connectivity index (χ1v) is 11.4. The molecule has 0 spiro atoms. The summed E-state index contributed by atoms with van der Waals surface area (Å²) in [7, 11) is 0. The highest BCUT2D eigenvalue weighted by Crippen LogP contribution is 2.37. The Morgan fingerprint density at radius 2 is 1.97 bits per heavy atom. The highest BCUT2D eigenvalue weighted by molar-refractivity contribution is 6.76. The number of carbonyl (C=O) groups excluding carboxylic acids is 2. The van der Waals surface area contributed by atoms with Crippen LogP contribution in [0.3, 0.4) is 0 Å². The Kier molecular flexibility index (Phi) is 8.22. The number of alkyl halides is 3. The highest BCUT2D eigenvalue weighted by atomic mass is 35.6. The number of carbonyl (C=O) groups is 2. The minimum Gasteiger partial charge on any atom is -0.394 e. The van der Waals surface area contributed by atoms with Crippen molar-refractivity contribution < 1.29 is 24.5 Å². The number of hydrogen-bond acceptors (Lipinski definition) is 8. The van der Waals surface area contributed by atoms with Crippen LogP contribution in [0.1, 0.15) is 28.8 Å². The SMILES string of the molecule is Nc1nc(=O)n([C@@]2(C(=O)c3ccccc3)C[C@H](O)[C@@H](CO)O2)cc1CCCNC(=O)C(Cl)(Cl)Cl. The summed E-state index contributed by atoms with van der Waals surface area (Å²) in [5.74, 6) is -1.43. The van der Waals surface area contributed by atoms with Gasteiger partial charge in [0.25, 0.3) is 9.70 Å². The van der Waals surface area contributed by atoms with Crippen molar-refractivity contribution in [1.82, 2.24) is 14.9 Å². The van der Waals surface area contributed by atoms with E-state index in [1.54, 1.807) is 30.3 Å². The van der Waals surface area contributed by atoms with Gasteiger partial charge in [0.05, 0.1) is 12.7 Å². The maximum Gasteiger partial charge on any atom is 0.352 e. The standard InChI is InChI=1S/C21H23Cl3N4O6/c22-21(23,24)18(32)26-8-4-7-13-10-28(19(33)27-17(13)25)20(9-14(30)15(11-29)34-20)16(31)12-5-2-1-3-6-12/h1-3,5-6,10,14-15,29-30H,4,7-9,11H2,(H,26,32)(H2,25,27,33)/t14-,15+,20-/m0/s1. The summed E-state index contributed by atoms with van der Waals surface area (Å²) >= 11 is 16.5. The number of amides is 1. The van der Waals surface area contributed by atoms with Crippen LogP contribution in [0.15, 0.2) is 41.3 Å². The van der Waals surface area contributed by atoms with Crippen LogP contribution in [0.5, 0.6) is 0 Å². The Morgan fingerprint density at radius 3 is 2.56 bits per heavy atom. The molecule has 1 aliphatic heterocycles. The lowest BCUT2D eigenvalue weighted by Gasteiger charge is -2.30. The molecule has 0 bridgehead atoms. The van der Waals surface area contributed by atoms with Crippen LogP contribution in [0.2, 0.25) is 0 Å². The molecule has 1 aromatic carbocycles. The summed E-state index contributed by atoms with van der Waals surface area (Å²) in [6.07, 6.45) is -0.634. The number of nitrogens with one attached hydrogen (secondary N) is 1. The van der Waals surface area contributed by atoms with Gasteiger partial charge in [-0.1, -0.05) is 65.1 Å². The zero-order valence-corrected chi connectivity index (χ0v) is 20.1. The third-order valence-corrected chi connectivity index (χ3v) is 5.94. The first kappa shape index (κ1) is 26.4. The smallest absolute Gasteiger partial charge is 0.352 e. The van der Waals surface area contributed by atoms with E-state index >= 15 is 0 Å². The van der Waals surface area contributed by atoms with E-state index in [9.17, 15) is 24.6 Å². The normalized spacial score (nSPS) is 22.5. The lowest BCUT2D eigenvalue weighted by atomic mass is 9.96. The number of Topliss-reactive ketones (excluding diaryl/α,β-unsaturated/α-hetero) is 1. The number of nitrogen functional groups attached to an aromatic ring is 1. The van der Waals surface area contributed by atoms with E-state index < -0.39 is 45.7 Å². The number of anilines is 1. The minimum absolute atomic E-state index is 0.0616. The molecule has 3 rings (SSSR count). The van der Waals surface area contributed by atoms with Crippen LogP contribution >= 0.6 is 34.8 Å². The van der Waals surface area contributed by atoms with E-state index in [0.717, 1.165) is 4.57 Å². The van der Waals surface area contributed by atoms with Gasteiger partial charge in [0, 0.05) is 30.3 Å². The number of nitrogens with zero attached hydrogens (tertiary/aromatic N) is 2. The van der Waals surface area contributed by atoms with Crippen molar-refractivity contribution in [2.45, 2.75) is 41.0 Å². The van der Waals surface area contributed by atoms with E-state index in [0.29, 0.717) is 12.0 Å². The summed E-state index contributed by atoms with van der Waals surface area (Å²) in [4.78, 5) is 41.9. The molecule has 5 N–H and O–H groups in total. The summed E-state index contributed by atoms with van der Waals surface area (Å²) in [5.41, 5.74) is 3.76. The van der Waals surface area contributed by atoms with Gasteiger partial charge in [0.1, 0.15) is 11.9 Å². The Morgan fingerprint density at radius 1 is 1.29 bits per heavy atom. The fourth-order valence-corrected chi connectivity index (χ4v) is 3.92. The molecule has 2 heterocycles. The maximum atomic E-state index is 13.5. The molecule has 1 amide bonds. The Labute approximate surface area is 209 Å². The molecule has 3 atom stereocenters. The Hall–Kier alpha value is -2.21. The van der Waals surface area contributed by atoms with Gasteiger partial charge < -0.3 is 26.0 Å². The number of nitrogens with two attached hydrogens (primary N) is 1. The summed E-state index contributed by atoms with van der Waals surface area (Å²) in [6.45, 7) is -0.418. The zero-order chi connectivity index (χ0) is 25.1. The summed E-state index contributed by atoms with van der Waals surface area (Å²) in [6, 6.07) is 8.13. The van der Waals surface area contributed by atoms with Crippen LogP contribution in [0, 0.1) is 0 Å². The minimum atomic E-state index is -2.10. The molecule has 34 heavy (non-hydrogen) atoms. The molecule has 0 aliphatic carbocycles. The van der Waals surface area contributed by atoms with Crippen molar-refractivity contribution in [2.75, 3.05) is 18.9 Å². The molecule has 13 heteroatoms. The number of ketones is 1. The van der Waals surface area contributed by atoms with Gasteiger partial charge in [-0.2, -0.15) is 4.98 Å². The van der Waals surface area contributed by atoms with Gasteiger partial charge in [-0.15, -0.1) is 0 Å². The average Bonchev–Trinajstić information content (AvgIpc) is 3.14. The van der Waals surface area contributed by atoms with E-state index in [1.807, 2.05) is 0 Å². The van der Waals surface area contributed by atoms with E-state index in [4.69, 9.17) is 45.3 Å². The number of aryl methyl sites for hydroxylation is 1. The second kappa shape index (κ2) is 10.6. The molecule has 1 aromatic heterocycles. The van der Waals surface area contributed by atoms with Gasteiger partial charge in [-0.3, -0.25) is 14.2 Å². The van der Waals surface area contributed by atoms with Crippen molar-refractivity contribution >= 4 is 52.3 Å². The van der Waals surface area contributed by atoms with Crippen LogP contribution in [0.4, 0.5) is 5.82 Å². The molecule has 1 saturated heterocycles. The van der Waals surface area contributed by atoms with Crippen molar-refractivity contribution in [3.63, 3.8) is 0 Å². The van der Waals surface area contributed by atoms with E-state index in [2.05, 4.69) is 10.3 Å². The highest BCUT2D eigenvalue weighted by Gasteiger charge is 2.53. The molecule has 1 fully saturated rings. The fourth-order valence-electron chi connectivity index (χ4n) is 3.72. The molecular formula is C21H23Cl3N4O6. The summed E-state index contributed by atoms with van der Waals surface area (Å²) < 4.78 is 4.71. The number of aromatic nitrogens is 2. The van der Waals surface area contributed by atoms with Gasteiger partial charge in [0.2, 0.25) is 11.5 Å². The van der Waals surface area contributed by atoms with Crippen molar-refractivity contribution in [2.24, 2.45) is 0 Å². The topological polar surface area (TPSA) is 157 Å². The quantitative estimate of drug-likeness (QED) is 0.222. The maximum absolute atomic E-state index is 13.5. The monoisotopic (exact) mass is 532 g/mol. The van der Waals surface area contributed by atoms with Crippen LogP contribution in [-0.4, -0.2) is 60.6 Å². The molecule has 0 saturated carbocycles. The average molecular weight is 534 g/mol. The number of halogens is 3. The summed E-state index contributed by atoms with van der Waals surface area (Å²) in [5, 5.41) is 22.5. The van der Waals surface area contributed by atoms with Crippen molar-refractivity contribution in [3.8, 4) is 0 Å². The Balaban J connectivity index is 1.93. The molecule has 10 nitrogen and oxygen atoms in total. The van der Waals surface area contributed by atoms with Crippen molar-refractivity contribution in [3.05, 3.63) is 58.1 Å². The molecule has 1 aliphatic rings. The number of aliphatic hydroxyl groups is 2. The third kappa shape index (κ3) is 5.54. The van der Waals surface area contributed by atoms with Crippen LogP contribution < -0.4 is 16.7 Å². The number of ether oxygens (including phenoxy) is 1. The molecule has 2 aromatic rings. The Bertz CT molecular complexity index is 1110. The van der Waals surface area contributed by atoms with Crippen molar-refractivity contribution in [1.29, 1.82) is 0 Å². The largest absolute Gasteiger partial charge is 0.394 e. The lowest BCUT2D eigenvalue weighted by Crippen LogP contribution is -2.49. The third-order valence-electron chi connectivity index (χ3n) is 5.42. The number of aliphatic hydroxyl groups excluding tert-OH is 2. The van der Waals surface area contributed by atoms with E-state index in [-0.39, 0.29) is 30.8 Å². The number of hydrogen-bond donors (Lipinski definition) is 4. The van der Waals surface area contributed by atoms with Crippen LogP contribution in [-0.2, 0) is 21.7 Å². The van der Waals surface area contributed by atoms with Gasteiger partial charge in [-0.05, 0) is 12.8 Å². The molecule has 184 valence electrons. The molecule has 0 unspecified atom stereocenters. The predicted octanol–water partition coefficient (Wildman–Crippen LogP) is 0.922. The predicted molar refractivity (Wildman–Crippen MR) is 126 cm³/mol. The molecular weight excluding hydrogens is 511 g/mol. The molecule has 0 radical (unpaired) electrons. The number of benzene rings is 1. The number of rotatable bonds is 8. The fraction of sp³-hybridized carbons (Fsp3) is 0.429. The van der Waals surface area contributed by atoms with Gasteiger partial charge >= 0.3 is 5.69 Å². The van der Waals surface area contributed by atoms with Gasteiger partial charge in [0.15, 0.2) is 0 Å². The zero-order valence-electron chi connectivity index (χ0n) is 17.8. The van der Waals surface area contributed by atoms with Crippen LogP contribution in [0.25, 0.3) is 0 Å². The first-order valence-electron chi connectivity index (χ1n) is 10.3. The first-order chi connectivity index (χ1) is 16.0. The van der Waals surface area contributed by atoms with Gasteiger partial charge in [-0.25, -0.2) is 4.79 Å². The van der Waals surface area contributed by atoms with E-state index in [1.165, 1.54) is 6.20 Å². The second-order valence-electron chi connectivity index (χ2n) is 7.75. The second-order valence-corrected chi connectivity index (χ2v) is 10.0.